The zero-order chi connectivity index (χ0) is 26.0. The number of hydrogen-bond donors (Lipinski definition) is 1. The van der Waals surface area contributed by atoms with Gasteiger partial charge in [0.15, 0.2) is 11.5 Å². The SMILES string of the molecule is COc1cc(/C=C2\C(=O)NC(=O)N(c3ccc(C)cc3C)C2=O)cc(Br)c1OCc1cccc(C)c1. The molecule has 7 nitrogen and oxygen atoms in total. The minimum Gasteiger partial charge on any atom is -0.493 e. The number of aryl methyl sites for hydroxylation is 3. The zero-order valence-corrected chi connectivity index (χ0v) is 21.9. The molecule has 1 N–H and O–H groups in total. The predicted octanol–water partition coefficient (Wildman–Crippen LogP) is 5.63. The van der Waals surface area contributed by atoms with Crippen molar-refractivity contribution in [1.29, 1.82) is 0 Å². The number of methoxy groups -OCH3 is 1. The highest BCUT2D eigenvalue weighted by Gasteiger charge is 2.37. The summed E-state index contributed by atoms with van der Waals surface area (Å²) in [6, 6.07) is 16.0. The normalized spacial score (nSPS) is 14.8. The summed E-state index contributed by atoms with van der Waals surface area (Å²) in [5, 5.41) is 2.26. The van der Waals surface area contributed by atoms with E-state index in [0.29, 0.717) is 33.8 Å². The van der Waals surface area contributed by atoms with Gasteiger partial charge in [-0.15, -0.1) is 0 Å². The van der Waals surface area contributed by atoms with E-state index in [0.717, 1.165) is 27.2 Å². The van der Waals surface area contributed by atoms with E-state index in [1.807, 2.05) is 44.2 Å². The van der Waals surface area contributed by atoms with Crippen molar-refractivity contribution in [1.82, 2.24) is 5.32 Å². The zero-order valence-electron chi connectivity index (χ0n) is 20.3. The summed E-state index contributed by atoms with van der Waals surface area (Å²) in [7, 11) is 1.51. The van der Waals surface area contributed by atoms with Crippen molar-refractivity contribution in [3.05, 3.63) is 92.5 Å². The predicted molar refractivity (Wildman–Crippen MR) is 141 cm³/mol. The second-order valence-corrected chi connectivity index (χ2v) is 9.41. The maximum Gasteiger partial charge on any atom is 0.335 e. The summed E-state index contributed by atoms with van der Waals surface area (Å²) in [6.07, 6.45) is 1.43. The maximum absolute atomic E-state index is 13.3. The first-order valence-electron chi connectivity index (χ1n) is 11.2. The van der Waals surface area contributed by atoms with E-state index in [2.05, 4.69) is 21.2 Å². The van der Waals surface area contributed by atoms with Gasteiger partial charge in [-0.05, 0) is 77.7 Å². The van der Waals surface area contributed by atoms with Gasteiger partial charge < -0.3 is 9.47 Å². The Labute approximate surface area is 217 Å². The first-order chi connectivity index (χ1) is 17.2. The Hall–Kier alpha value is -3.91. The van der Waals surface area contributed by atoms with Crippen LogP contribution in [0.2, 0.25) is 0 Å². The van der Waals surface area contributed by atoms with Crippen LogP contribution in [0.5, 0.6) is 11.5 Å². The molecule has 4 rings (SSSR count). The molecule has 3 aromatic carbocycles. The number of anilines is 1. The quantitative estimate of drug-likeness (QED) is 0.318. The van der Waals surface area contributed by atoms with Gasteiger partial charge in [0.1, 0.15) is 12.2 Å². The molecule has 8 heteroatoms. The van der Waals surface area contributed by atoms with E-state index in [4.69, 9.17) is 9.47 Å². The number of hydrogen-bond acceptors (Lipinski definition) is 5. The number of barbiturate groups is 1. The number of imide groups is 2. The Morgan fingerprint density at radius 2 is 1.72 bits per heavy atom. The van der Waals surface area contributed by atoms with Crippen molar-refractivity contribution in [3.8, 4) is 11.5 Å². The van der Waals surface area contributed by atoms with Crippen LogP contribution in [0.15, 0.2) is 64.6 Å². The highest BCUT2D eigenvalue weighted by molar-refractivity contribution is 9.10. The minimum atomic E-state index is -0.784. The van der Waals surface area contributed by atoms with E-state index in [-0.39, 0.29) is 5.57 Å². The van der Waals surface area contributed by atoms with E-state index in [9.17, 15) is 14.4 Å². The van der Waals surface area contributed by atoms with Crippen LogP contribution in [0.4, 0.5) is 10.5 Å². The summed E-state index contributed by atoms with van der Waals surface area (Å²) in [4.78, 5) is 39.4. The van der Waals surface area contributed by atoms with Gasteiger partial charge in [-0.2, -0.15) is 0 Å². The van der Waals surface area contributed by atoms with Crippen molar-refractivity contribution < 1.29 is 23.9 Å². The van der Waals surface area contributed by atoms with Gasteiger partial charge in [-0.3, -0.25) is 14.9 Å². The van der Waals surface area contributed by atoms with E-state index >= 15 is 0 Å². The molecule has 1 heterocycles. The fraction of sp³-hybridized carbons (Fsp3) is 0.179. The van der Waals surface area contributed by atoms with Gasteiger partial charge in [0, 0.05) is 0 Å². The third-order valence-electron chi connectivity index (χ3n) is 5.72. The third-order valence-corrected chi connectivity index (χ3v) is 6.31. The number of nitrogens with one attached hydrogen (secondary N) is 1. The van der Waals surface area contributed by atoms with Gasteiger partial charge in [0.05, 0.1) is 17.3 Å². The lowest BCUT2D eigenvalue weighted by Gasteiger charge is -2.27. The van der Waals surface area contributed by atoms with Gasteiger partial charge in [0.2, 0.25) is 0 Å². The van der Waals surface area contributed by atoms with E-state index in [1.54, 1.807) is 31.2 Å². The second kappa shape index (κ2) is 10.4. The van der Waals surface area contributed by atoms with Crippen molar-refractivity contribution in [2.45, 2.75) is 27.4 Å². The Morgan fingerprint density at radius 3 is 2.42 bits per heavy atom. The average Bonchev–Trinajstić information content (AvgIpc) is 2.82. The Bertz CT molecular complexity index is 1410. The fourth-order valence-electron chi connectivity index (χ4n) is 4.02. The summed E-state index contributed by atoms with van der Waals surface area (Å²) in [5.74, 6) is -0.547. The molecule has 0 unspecified atom stereocenters. The molecule has 4 amide bonds. The molecular weight excluding hydrogens is 524 g/mol. The van der Waals surface area contributed by atoms with Crippen molar-refractivity contribution >= 4 is 45.5 Å². The van der Waals surface area contributed by atoms with Crippen molar-refractivity contribution in [3.63, 3.8) is 0 Å². The summed E-state index contributed by atoms with van der Waals surface area (Å²) in [6.45, 7) is 6.08. The Balaban J connectivity index is 1.66. The highest BCUT2D eigenvalue weighted by Crippen LogP contribution is 2.38. The molecular formula is C28H25BrN2O5. The number of nitrogens with zero attached hydrogens (tertiary/aromatic N) is 1. The number of amides is 4. The molecule has 0 radical (unpaired) electrons. The molecule has 1 aliphatic heterocycles. The van der Waals surface area contributed by atoms with Gasteiger partial charge in [0.25, 0.3) is 11.8 Å². The summed E-state index contributed by atoms with van der Waals surface area (Å²) < 4.78 is 12.1. The van der Waals surface area contributed by atoms with Crippen LogP contribution in [0.3, 0.4) is 0 Å². The van der Waals surface area contributed by atoms with Gasteiger partial charge in [-0.1, -0.05) is 47.5 Å². The smallest absolute Gasteiger partial charge is 0.335 e. The Morgan fingerprint density at radius 1 is 0.972 bits per heavy atom. The maximum atomic E-state index is 13.3. The molecule has 184 valence electrons. The molecule has 1 aliphatic rings. The molecule has 36 heavy (non-hydrogen) atoms. The molecule has 0 aliphatic carbocycles. The van der Waals surface area contributed by atoms with E-state index < -0.39 is 17.8 Å². The number of rotatable bonds is 6. The molecule has 1 fully saturated rings. The molecule has 3 aromatic rings. The van der Waals surface area contributed by atoms with Crippen LogP contribution >= 0.6 is 15.9 Å². The van der Waals surface area contributed by atoms with Crippen LogP contribution in [-0.4, -0.2) is 25.0 Å². The molecule has 0 bridgehead atoms. The van der Waals surface area contributed by atoms with E-state index in [1.165, 1.54) is 13.2 Å². The van der Waals surface area contributed by atoms with Gasteiger partial charge >= 0.3 is 6.03 Å². The van der Waals surface area contributed by atoms with Crippen molar-refractivity contribution in [2.24, 2.45) is 0 Å². The topological polar surface area (TPSA) is 84.9 Å². The molecule has 0 aromatic heterocycles. The first kappa shape index (κ1) is 25.2. The lowest BCUT2D eigenvalue weighted by atomic mass is 10.0. The molecule has 0 spiro atoms. The number of ether oxygens (including phenoxy) is 2. The monoisotopic (exact) mass is 548 g/mol. The van der Waals surface area contributed by atoms with Crippen LogP contribution in [-0.2, 0) is 16.2 Å². The van der Waals surface area contributed by atoms with Crippen LogP contribution in [0.25, 0.3) is 6.08 Å². The number of urea groups is 1. The highest BCUT2D eigenvalue weighted by atomic mass is 79.9. The average molecular weight is 549 g/mol. The summed E-state index contributed by atoms with van der Waals surface area (Å²) in [5.41, 5.74) is 4.65. The number of halogens is 1. The second-order valence-electron chi connectivity index (χ2n) is 8.56. The lowest BCUT2D eigenvalue weighted by Crippen LogP contribution is -2.54. The van der Waals surface area contributed by atoms with Crippen LogP contribution < -0.4 is 19.7 Å². The number of benzene rings is 3. The van der Waals surface area contributed by atoms with Crippen molar-refractivity contribution in [2.75, 3.05) is 12.0 Å². The lowest BCUT2D eigenvalue weighted by molar-refractivity contribution is -0.122. The van der Waals surface area contributed by atoms with Crippen LogP contribution in [0.1, 0.15) is 27.8 Å². The fourth-order valence-corrected chi connectivity index (χ4v) is 4.59. The molecule has 0 atom stereocenters. The summed E-state index contributed by atoms with van der Waals surface area (Å²) >= 11 is 3.51. The van der Waals surface area contributed by atoms with Gasteiger partial charge in [-0.25, -0.2) is 9.69 Å². The molecule has 0 saturated carbocycles. The number of carbonyl (C=O) groups excluding carboxylic acids is 3. The van der Waals surface area contributed by atoms with Crippen LogP contribution in [0, 0.1) is 20.8 Å². The number of carbonyl (C=O) groups is 3. The standard InChI is InChI=1S/C28H25BrN2O5/c1-16-6-5-7-19(11-16)15-36-25-22(29)13-20(14-24(25)35-4)12-21-26(32)30-28(34)31(27(21)33)23-9-8-17(2)10-18(23)3/h5-14H,15H2,1-4H3,(H,30,32,34)/b21-12+. The first-order valence-corrected chi connectivity index (χ1v) is 12.0. The minimum absolute atomic E-state index is 0.169. The third kappa shape index (κ3) is 5.18. The largest absolute Gasteiger partial charge is 0.493 e. The molecule has 1 saturated heterocycles. The Kier molecular flexibility index (Phi) is 7.26.